The first-order chi connectivity index (χ1) is 7.75. The number of allylic oxidation sites excluding steroid dienone is 5. The second-order valence-corrected chi connectivity index (χ2v) is 4.38. The van der Waals surface area contributed by atoms with Gasteiger partial charge in [-0.05, 0) is 35.6 Å². The Kier molecular flexibility index (Phi) is 3.35. The number of rotatable bonds is 2. The number of nitrogens with zero attached hydrogens (tertiary/aromatic N) is 1. The highest BCUT2D eigenvalue weighted by Gasteiger charge is 2.00. The molecule has 0 aromatic carbocycles. The van der Waals surface area contributed by atoms with Crippen molar-refractivity contribution in [2.24, 2.45) is 0 Å². The molecule has 0 unspecified atom stereocenters. The summed E-state index contributed by atoms with van der Waals surface area (Å²) in [5.41, 5.74) is 3.65. The smallest absolute Gasteiger partial charge is 0.0632 e. The SMILES string of the molecule is CC(C)c1ccc(/C=C2\C=CC=CC2)nc1. The fraction of sp³-hybridized carbons (Fsp3) is 0.267. The molecule has 82 valence electrons. The molecular weight excluding hydrogens is 194 g/mol. The lowest BCUT2D eigenvalue weighted by Gasteiger charge is -2.05. The van der Waals surface area contributed by atoms with Gasteiger partial charge in [0.15, 0.2) is 0 Å². The Labute approximate surface area is 97.2 Å². The van der Waals surface area contributed by atoms with E-state index in [4.69, 9.17) is 0 Å². The Hall–Kier alpha value is -1.63. The number of aromatic nitrogens is 1. The average Bonchev–Trinajstić information content (AvgIpc) is 2.31. The van der Waals surface area contributed by atoms with Crippen molar-refractivity contribution in [3.05, 3.63) is 59.5 Å². The van der Waals surface area contributed by atoms with E-state index in [9.17, 15) is 0 Å². The minimum Gasteiger partial charge on any atom is -0.257 e. The summed E-state index contributed by atoms with van der Waals surface area (Å²) in [7, 11) is 0. The molecule has 1 heterocycles. The third-order valence-electron chi connectivity index (χ3n) is 2.72. The first-order valence-corrected chi connectivity index (χ1v) is 5.75. The molecule has 1 aliphatic rings. The van der Waals surface area contributed by atoms with Crippen molar-refractivity contribution < 1.29 is 0 Å². The molecule has 0 aliphatic heterocycles. The van der Waals surface area contributed by atoms with Crippen molar-refractivity contribution in [3.8, 4) is 0 Å². The molecule has 0 saturated heterocycles. The second-order valence-electron chi connectivity index (χ2n) is 4.38. The molecule has 1 aliphatic carbocycles. The fourth-order valence-electron chi connectivity index (χ4n) is 1.67. The predicted octanol–water partition coefficient (Wildman–Crippen LogP) is 4.10. The molecule has 0 spiro atoms. The largest absolute Gasteiger partial charge is 0.257 e. The average molecular weight is 211 g/mol. The van der Waals surface area contributed by atoms with Crippen LogP contribution in [0.15, 0.2) is 48.2 Å². The Balaban J connectivity index is 2.16. The molecule has 0 saturated carbocycles. The van der Waals surface area contributed by atoms with Gasteiger partial charge in [0.1, 0.15) is 0 Å². The summed E-state index contributed by atoms with van der Waals surface area (Å²) in [4.78, 5) is 4.46. The first-order valence-electron chi connectivity index (χ1n) is 5.75. The summed E-state index contributed by atoms with van der Waals surface area (Å²) in [6.45, 7) is 4.37. The molecule has 0 atom stereocenters. The van der Waals surface area contributed by atoms with Gasteiger partial charge in [0, 0.05) is 6.20 Å². The normalized spacial score (nSPS) is 17.3. The number of pyridine rings is 1. The number of hydrogen-bond donors (Lipinski definition) is 0. The van der Waals surface area contributed by atoms with Gasteiger partial charge in [-0.15, -0.1) is 0 Å². The Morgan fingerprint density at radius 3 is 2.69 bits per heavy atom. The standard InChI is InChI=1S/C15H17N/c1-12(2)14-8-9-15(16-11-14)10-13-6-4-3-5-7-13/h3-6,8-12H,7H2,1-2H3/b13-10+. The zero-order chi connectivity index (χ0) is 11.4. The molecule has 2 rings (SSSR count). The molecule has 16 heavy (non-hydrogen) atoms. The molecule has 0 N–H and O–H groups in total. The minimum absolute atomic E-state index is 0.548. The van der Waals surface area contributed by atoms with E-state index in [1.807, 2.05) is 6.20 Å². The lowest BCUT2D eigenvalue weighted by molar-refractivity contribution is 0.857. The molecule has 1 aromatic heterocycles. The van der Waals surface area contributed by atoms with Gasteiger partial charge in [-0.3, -0.25) is 4.98 Å². The molecule has 0 fully saturated rings. The van der Waals surface area contributed by atoms with Gasteiger partial charge >= 0.3 is 0 Å². The van der Waals surface area contributed by atoms with Crippen LogP contribution in [0.25, 0.3) is 6.08 Å². The summed E-state index contributed by atoms with van der Waals surface area (Å²) in [5, 5.41) is 0. The molecular formula is C15H17N. The van der Waals surface area contributed by atoms with Gasteiger partial charge in [0.25, 0.3) is 0 Å². The lowest BCUT2D eigenvalue weighted by atomic mass is 10.0. The fourth-order valence-corrected chi connectivity index (χ4v) is 1.67. The van der Waals surface area contributed by atoms with Gasteiger partial charge in [0.05, 0.1) is 5.69 Å². The quantitative estimate of drug-likeness (QED) is 0.717. The van der Waals surface area contributed by atoms with Crippen molar-refractivity contribution in [1.82, 2.24) is 4.98 Å². The highest BCUT2D eigenvalue weighted by molar-refractivity contribution is 5.54. The third-order valence-corrected chi connectivity index (χ3v) is 2.72. The van der Waals surface area contributed by atoms with Gasteiger partial charge in [-0.1, -0.05) is 44.2 Å². The van der Waals surface area contributed by atoms with Crippen molar-refractivity contribution in [1.29, 1.82) is 0 Å². The highest BCUT2D eigenvalue weighted by Crippen LogP contribution is 2.16. The molecule has 0 bridgehead atoms. The summed E-state index contributed by atoms with van der Waals surface area (Å²) >= 11 is 0. The van der Waals surface area contributed by atoms with Crippen molar-refractivity contribution in [2.75, 3.05) is 0 Å². The maximum Gasteiger partial charge on any atom is 0.0632 e. The molecule has 1 heteroatoms. The van der Waals surface area contributed by atoms with Crippen LogP contribution in [0, 0.1) is 0 Å². The van der Waals surface area contributed by atoms with Gasteiger partial charge in [0.2, 0.25) is 0 Å². The Morgan fingerprint density at radius 1 is 1.25 bits per heavy atom. The highest BCUT2D eigenvalue weighted by atomic mass is 14.7. The van der Waals surface area contributed by atoms with E-state index in [1.165, 1.54) is 11.1 Å². The van der Waals surface area contributed by atoms with Crippen LogP contribution in [-0.4, -0.2) is 4.98 Å². The lowest BCUT2D eigenvalue weighted by Crippen LogP contribution is -1.90. The zero-order valence-electron chi connectivity index (χ0n) is 9.85. The van der Waals surface area contributed by atoms with Crippen molar-refractivity contribution >= 4 is 6.08 Å². The maximum atomic E-state index is 4.46. The second kappa shape index (κ2) is 4.93. The summed E-state index contributed by atoms with van der Waals surface area (Å²) in [6, 6.07) is 4.25. The van der Waals surface area contributed by atoms with Crippen LogP contribution < -0.4 is 0 Å². The van der Waals surface area contributed by atoms with Crippen LogP contribution in [0.5, 0.6) is 0 Å². The van der Waals surface area contributed by atoms with Gasteiger partial charge in [-0.2, -0.15) is 0 Å². The van der Waals surface area contributed by atoms with Crippen LogP contribution >= 0.6 is 0 Å². The van der Waals surface area contributed by atoms with Crippen LogP contribution in [0.1, 0.15) is 37.4 Å². The predicted molar refractivity (Wildman–Crippen MR) is 69.2 cm³/mol. The van der Waals surface area contributed by atoms with Crippen LogP contribution in [0.2, 0.25) is 0 Å². The molecule has 1 nitrogen and oxygen atoms in total. The third kappa shape index (κ3) is 2.69. The van der Waals surface area contributed by atoms with E-state index in [2.05, 4.69) is 61.3 Å². The minimum atomic E-state index is 0.548. The first kappa shape index (κ1) is 10.9. The molecule has 0 radical (unpaired) electrons. The van der Waals surface area contributed by atoms with Crippen molar-refractivity contribution in [2.45, 2.75) is 26.2 Å². The maximum absolute atomic E-state index is 4.46. The van der Waals surface area contributed by atoms with Crippen LogP contribution in [-0.2, 0) is 0 Å². The summed E-state index contributed by atoms with van der Waals surface area (Å²) < 4.78 is 0. The molecule has 0 amide bonds. The number of hydrogen-bond acceptors (Lipinski definition) is 1. The van der Waals surface area contributed by atoms with Crippen molar-refractivity contribution in [3.63, 3.8) is 0 Å². The van der Waals surface area contributed by atoms with Crippen LogP contribution in [0.3, 0.4) is 0 Å². The zero-order valence-corrected chi connectivity index (χ0v) is 9.85. The Bertz CT molecular complexity index is 433. The summed E-state index contributed by atoms with van der Waals surface area (Å²) in [6.07, 6.45) is 13.6. The van der Waals surface area contributed by atoms with Gasteiger partial charge in [-0.25, -0.2) is 0 Å². The van der Waals surface area contributed by atoms with Crippen LogP contribution in [0.4, 0.5) is 0 Å². The van der Waals surface area contributed by atoms with E-state index in [0.29, 0.717) is 5.92 Å². The van der Waals surface area contributed by atoms with E-state index in [0.717, 1.165) is 12.1 Å². The van der Waals surface area contributed by atoms with E-state index < -0.39 is 0 Å². The molecule has 1 aromatic rings. The van der Waals surface area contributed by atoms with E-state index >= 15 is 0 Å². The summed E-state index contributed by atoms with van der Waals surface area (Å²) in [5.74, 6) is 0.548. The monoisotopic (exact) mass is 211 g/mol. The Morgan fingerprint density at radius 2 is 2.12 bits per heavy atom. The van der Waals surface area contributed by atoms with E-state index in [-0.39, 0.29) is 0 Å². The topological polar surface area (TPSA) is 12.9 Å². The van der Waals surface area contributed by atoms with E-state index in [1.54, 1.807) is 0 Å². The van der Waals surface area contributed by atoms with Gasteiger partial charge < -0.3 is 0 Å².